The van der Waals surface area contributed by atoms with Gasteiger partial charge in [-0.3, -0.25) is 4.79 Å². The number of hydrogen-bond donors (Lipinski definition) is 3. The molecule has 7 atom stereocenters. The van der Waals surface area contributed by atoms with E-state index < -0.39 is 6.09 Å². The standard InChI is InChI=1S/C29H50O3.CH3NO2/c1-8-14-21(2)15-10-9-11-16-22(3)19-25(6)28(30)23(4)17-12-13-18-27-24(5)20-26(7)29(31)32-27;2-1(3)4/h8,12,14,17,19,21,23-28,30H,9-11,13,15-16,18,20H2,1-7H3;2H2,(H,3,4)/b14-8-,17-12-,22-19-;. The zero-order valence-corrected chi connectivity index (χ0v) is 23.8. The lowest BCUT2D eigenvalue weighted by molar-refractivity contribution is -0.164. The van der Waals surface area contributed by atoms with Crippen LogP contribution in [0.1, 0.15) is 99.8 Å². The largest absolute Gasteiger partial charge is 0.465 e. The number of hydrogen-bond acceptors (Lipinski definition) is 4. The highest BCUT2D eigenvalue weighted by Gasteiger charge is 2.32. The number of aliphatic hydroxyl groups excluding tert-OH is 1. The minimum absolute atomic E-state index is 0.0249. The average Bonchev–Trinajstić information content (AvgIpc) is 2.78. The van der Waals surface area contributed by atoms with Gasteiger partial charge in [-0.05, 0) is 64.2 Å². The van der Waals surface area contributed by atoms with E-state index in [1.807, 2.05) is 6.92 Å². The number of aliphatic hydroxyl groups is 1. The van der Waals surface area contributed by atoms with Crippen LogP contribution in [-0.4, -0.2) is 34.5 Å². The molecule has 7 unspecified atom stereocenters. The first kappa shape index (κ1) is 33.9. The average molecular weight is 508 g/mol. The Morgan fingerprint density at radius 3 is 2.39 bits per heavy atom. The number of rotatable bonds is 14. The molecule has 1 aliphatic rings. The maximum Gasteiger partial charge on any atom is 0.402 e. The van der Waals surface area contributed by atoms with Gasteiger partial charge in [-0.15, -0.1) is 0 Å². The summed E-state index contributed by atoms with van der Waals surface area (Å²) >= 11 is 0. The predicted molar refractivity (Wildman–Crippen MR) is 149 cm³/mol. The Morgan fingerprint density at radius 1 is 1.14 bits per heavy atom. The number of unbranched alkanes of at least 4 members (excludes halogenated alkanes) is 2. The predicted octanol–water partition coefficient (Wildman–Crippen LogP) is 7.28. The molecule has 0 spiro atoms. The van der Waals surface area contributed by atoms with Crippen molar-refractivity contribution in [3.63, 3.8) is 0 Å². The van der Waals surface area contributed by atoms with Crippen LogP contribution in [0.4, 0.5) is 4.79 Å². The summed E-state index contributed by atoms with van der Waals surface area (Å²) in [6.45, 7) is 14.9. The Labute approximate surface area is 220 Å². The Morgan fingerprint density at radius 2 is 1.78 bits per heavy atom. The van der Waals surface area contributed by atoms with Crippen molar-refractivity contribution in [3.05, 3.63) is 36.0 Å². The summed E-state index contributed by atoms with van der Waals surface area (Å²) in [6, 6.07) is 0. The van der Waals surface area contributed by atoms with Crippen molar-refractivity contribution in [1.29, 1.82) is 0 Å². The van der Waals surface area contributed by atoms with E-state index in [2.05, 4.69) is 77.7 Å². The molecule has 0 aliphatic carbocycles. The minimum atomic E-state index is -1.33. The third-order valence-corrected chi connectivity index (χ3v) is 6.96. The van der Waals surface area contributed by atoms with Crippen molar-refractivity contribution >= 4 is 12.1 Å². The van der Waals surface area contributed by atoms with Crippen LogP contribution in [0.3, 0.4) is 0 Å². The third-order valence-electron chi connectivity index (χ3n) is 6.96. The summed E-state index contributed by atoms with van der Waals surface area (Å²) in [5.74, 6) is 1.32. The van der Waals surface area contributed by atoms with Crippen LogP contribution >= 0.6 is 0 Å². The molecule has 0 aromatic carbocycles. The second-order valence-electron chi connectivity index (χ2n) is 10.8. The molecule has 4 N–H and O–H groups in total. The molecule has 6 nitrogen and oxygen atoms in total. The highest BCUT2D eigenvalue weighted by molar-refractivity contribution is 5.72. The van der Waals surface area contributed by atoms with E-state index >= 15 is 0 Å². The Kier molecular flexibility index (Phi) is 18.0. The van der Waals surface area contributed by atoms with E-state index in [1.54, 1.807) is 0 Å². The number of amides is 1. The number of carbonyl (C=O) groups is 2. The Hall–Kier alpha value is -2.08. The number of cyclic esters (lactones) is 1. The van der Waals surface area contributed by atoms with Crippen LogP contribution in [-0.2, 0) is 9.53 Å². The molecule has 0 bridgehead atoms. The van der Waals surface area contributed by atoms with Crippen molar-refractivity contribution in [2.24, 2.45) is 35.3 Å². The summed E-state index contributed by atoms with van der Waals surface area (Å²) in [4.78, 5) is 20.6. The van der Waals surface area contributed by atoms with Crippen molar-refractivity contribution in [3.8, 4) is 0 Å². The lowest BCUT2D eigenvalue weighted by atomic mass is 9.87. The van der Waals surface area contributed by atoms with Gasteiger partial charge in [0.1, 0.15) is 6.10 Å². The summed E-state index contributed by atoms with van der Waals surface area (Å²) in [7, 11) is 0. The molecule has 0 saturated carbocycles. The molecule has 1 saturated heterocycles. The number of ether oxygens (including phenoxy) is 1. The molecule has 0 radical (unpaired) electrons. The van der Waals surface area contributed by atoms with Crippen molar-refractivity contribution < 1.29 is 24.5 Å². The molecule has 208 valence electrons. The van der Waals surface area contributed by atoms with Crippen molar-refractivity contribution in [2.75, 3.05) is 0 Å². The molecule has 1 amide bonds. The molecular formula is C30H53NO5. The van der Waals surface area contributed by atoms with Crippen LogP contribution in [0.15, 0.2) is 36.0 Å². The maximum absolute atomic E-state index is 11.8. The van der Waals surface area contributed by atoms with Gasteiger partial charge in [0.05, 0.1) is 12.0 Å². The van der Waals surface area contributed by atoms with E-state index in [4.69, 9.17) is 14.6 Å². The number of esters is 1. The number of primary amides is 1. The fourth-order valence-corrected chi connectivity index (χ4v) is 4.80. The summed E-state index contributed by atoms with van der Waals surface area (Å²) in [5.41, 5.74) is 5.41. The molecule has 36 heavy (non-hydrogen) atoms. The molecule has 1 heterocycles. The topological polar surface area (TPSA) is 110 Å². The highest BCUT2D eigenvalue weighted by atomic mass is 16.5. The van der Waals surface area contributed by atoms with Crippen molar-refractivity contribution in [2.45, 2.75) is 112 Å². The van der Waals surface area contributed by atoms with E-state index in [0.717, 1.165) is 25.7 Å². The number of carboxylic acid groups (broad SMARTS) is 1. The smallest absolute Gasteiger partial charge is 0.402 e. The van der Waals surface area contributed by atoms with Gasteiger partial charge in [0, 0.05) is 11.8 Å². The number of carbonyl (C=O) groups excluding carboxylic acids is 1. The normalized spacial score (nSPS) is 24.1. The van der Waals surface area contributed by atoms with Gasteiger partial charge in [0.15, 0.2) is 0 Å². The van der Waals surface area contributed by atoms with Gasteiger partial charge in [-0.2, -0.15) is 0 Å². The molecule has 1 aliphatic heterocycles. The van der Waals surface area contributed by atoms with E-state index in [0.29, 0.717) is 11.8 Å². The lowest BCUT2D eigenvalue weighted by Crippen LogP contribution is -2.35. The van der Waals surface area contributed by atoms with Crippen LogP contribution in [0.2, 0.25) is 0 Å². The van der Waals surface area contributed by atoms with Crippen molar-refractivity contribution in [1.82, 2.24) is 0 Å². The van der Waals surface area contributed by atoms with Gasteiger partial charge < -0.3 is 20.7 Å². The fraction of sp³-hybridized carbons (Fsp3) is 0.733. The SMILES string of the molecule is C/C=C\C(C)CCCCC/C(C)=C\C(C)C(O)C(C)/C=C\CCC1OC(=O)C(C)CC1C.NC(=O)O. The summed E-state index contributed by atoms with van der Waals surface area (Å²) in [5, 5.41) is 17.9. The molecule has 1 fully saturated rings. The molecule has 1 rings (SSSR count). The van der Waals surface area contributed by atoms with E-state index in [9.17, 15) is 9.90 Å². The summed E-state index contributed by atoms with van der Waals surface area (Å²) in [6.07, 6.45) is 18.1. The van der Waals surface area contributed by atoms with Crippen LogP contribution in [0.5, 0.6) is 0 Å². The van der Waals surface area contributed by atoms with Gasteiger partial charge in [-0.25, -0.2) is 4.79 Å². The van der Waals surface area contributed by atoms with Gasteiger partial charge >= 0.3 is 12.1 Å². The van der Waals surface area contributed by atoms with Gasteiger partial charge in [0.2, 0.25) is 0 Å². The van der Waals surface area contributed by atoms with E-state index in [-0.39, 0.29) is 35.9 Å². The monoisotopic (exact) mass is 507 g/mol. The third kappa shape index (κ3) is 15.8. The van der Waals surface area contributed by atoms with Crippen LogP contribution in [0.25, 0.3) is 0 Å². The first-order valence-electron chi connectivity index (χ1n) is 13.7. The number of nitrogens with two attached hydrogens (primary N) is 1. The Bertz CT molecular complexity index is 710. The quantitative estimate of drug-likeness (QED) is 0.130. The van der Waals surface area contributed by atoms with Gasteiger partial charge in [-0.1, -0.05) is 83.4 Å². The lowest BCUT2D eigenvalue weighted by Gasteiger charge is -2.31. The molecular weight excluding hydrogens is 454 g/mol. The highest BCUT2D eigenvalue weighted by Crippen LogP contribution is 2.28. The summed E-state index contributed by atoms with van der Waals surface area (Å²) < 4.78 is 5.58. The Balaban J connectivity index is 0.00000283. The second kappa shape index (κ2) is 19.1. The first-order chi connectivity index (χ1) is 16.9. The maximum atomic E-state index is 11.8. The first-order valence-corrected chi connectivity index (χ1v) is 13.7. The molecule has 0 aromatic heterocycles. The van der Waals surface area contributed by atoms with E-state index in [1.165, 1.54) is 31.3 Å². The van der Waals surface area contributed by atoms with Gasteiger partial charge in [0.25, 0.3) is 0 Å². The minimum Gasteiger partial charge on any atom is -0.465 e. The zero-order valence-electron chi connectivity index (χ0n) is 23.8. The fourth-order valence-electron chi connectivity index (χ4n) is 4.80. The number of allylic oxidation sites excluding steroid dienone is 4. The second-order valence-corrected chi connectivity index (χ2v) is 10.8. The van der Waals surface area contributed by atoms with Crippen LogP contribution < -0.4 is 5.73 Å². The molecule has 0 aromatic rings. The van der Waals surface area contributed by atoms with Crippen LogP contribution in [0, 0.1) is 29.6 Å². The zero-order chi connectivity index (χ0) is 27.7. The molecule has 6 heteroatoms.